The minimum atomic E-state index is -0.251. The summed E-state index contributed by atoms with van der Waals surface area (Å²) in [5.41, 5.74) is 6.62. The number of rotatable bonds is 3. The standard InChI is InChI=1S/C12H16BrN3O2/c1-8(17)18-7-10-3-2-4-16(10)12-11(14)5-9(13)6-15-12/h5-6,10H,2-4,7,14H2,1H3/t10-/m1/s1. The predicted octanol–water partition coefficient (Wildman–Crippen LogP) is 1.96. The highest BCUT2D eigenvalue weighted by Crippen LogP contribution is 2.30. The van der Waals surface area contributed by atoms with Crippen molar-refractivity contribution in [3.05, 3.63) is 16.7 Å². The molecule has 6 heteroatoms. The number of hydrogen-bond acceptors (Lipinski definition) is 5. The zero-order valence-corrected chi connectivity index (χ0v) is 11.8. The van der Waals surface area contributed by atoms with Gasteiger partial charge in [0.2, 0.25) is 0 Å². The smallest absolute Gasteiger partial charge is 0.302 e. The molecule has 0 bridgehead atoms. The normalized spacial score (nSPS) is 19.0. The van der Waals surface area contributed by atoms with E-state index in [2.05, 4.69) is 25.8 Å². The number of carbonyl (C=O) groups excluding carboxylic acids is 1. The van der Waals surface area contributed by atoms with E-state index in [1.54, 1.807) is 6.20 Å². The largest absolute Gasteiger partial charge is 0.464 e. The Morgan fingerprint density at radius 2 is 2.50 bits per heavy atom. The van der Waals surface area contributed by atoms with Crippen molar-refractivity contribution in [2.24, 2.45) is 0 Å². The van der Waals surface area contributed by atoms with E-state index in [0.717, 1.165) is 29.7 Å². The molecule has 0 aromatic carbocycles. The Morgan fingerprint density at radius 1 is 1.72 bits per heavy atom. The van der Waals surface area contributed by atoms with Crippen molar-refractivity contribution in [3.8, 4) is 0 Å². The van der Waals surface area contributed by atoms with Gasteiger partial charge in [-0.2, -0.15) is 0 Å². The van der Waals surface area contributed by atoms with Crippen LogP contribution in [0.4, 0.5) is 11.5 Å². The van der Waals surface area contributed by atoms with E-state index in [1.807, 2.05) is 6.07 Å². The lowest BCUT2D eigenvalue weighted by Crippen LogP contribution is -2.34. The molecular formula is C12H16BrN3O2. The number of pyridine rings is 1. The maximum atomic E-state index is 10.9. The van der Waals surface area contributed by atoms with Gasteiger partial charge < -0.3 is 15.4 Å². The highest BCUT2D eigenvalue weighted by Gasteiger charge is 2.27. The molecule has 1 aromatic heterocycles. The molecule has 0 aliphatic carbocycles. The van der Waals surface area contributed by atoms with Gasteiger partial charge in [0.1, 0.15) is 6.61 Å². The van der Waals surface area contributed by atoms with Crippen molar-refractivity contribution >= 4 is 33.4 Å². The average molecular weight is 314 g/mol. The maximum Gasteiger partial charge on any atom is 0.302 e. The summed E-state index contributed by atoms with van der Waals surface area (Å²) < 4.78 is 5.94. The molecule has 1 aromatic rings. The number of carbonyl (C=O) groups is 1. The molecule has 2 N–H and O–H groups in total. The van der Waals surface area contributed by atoms with E-state index in [1.165, 1.54) is 6.92 Å². The highest BCUT2D eigenvalue weighted by atomic mass is 79.9. The average Bonchev–Trinajstić information content (AvgIpc) is 2.74. The molecule has 18 heavy (non-hydrogen) atoms. The van der Waals surface area contributed by atoms with Crippen LogP contribution in [0.3, 0.4) is 0 Å². The number of nitrogen functional groups attached to an aromatic ring is 1. The minimum Gasteiger partial charge on any atom is -0.464 e. The van der Waals surface area contributed by atoms with Crippen molar-refractivity contribution in [2.45, 2.75) is 25.8 Å². The van der Waals surface area contributed by atoms with Crippen molar-refractivity contribution in [1.29, 1.82) is 0 Å². The molecule has 0 spiro atoms. The molecule has 2 heterocycles. The number of aromatic nitrogens is 1. The van der Waals surface area contributed by atoms with Crippen molar-refractivity contribution in [3.63, 3.8) is 0 Å². The molecule has 1 aliphatic rings. The van der Waals surface area contributed by atoms with E-state index in [-0.39, 0.29) is 12.0 Å². The molecule has 2 rings (SSSR count). The second-order valence-corrected chi connectivity index (χ2v) is 5.27. The van der Waals surface area contributed by atoms with Gasteiger partial charge in [-0.05, 0) is 34.8 Å². The summed E-state index contributed by atoms with van der Waals surface area (Å²) >= 11 is 3.34. The summed E-state index contributed by atoms with van der Waals surface area (Å²) in [4.78, 5) is 17.3. The van der Waals surface area contributed by atoms with Gasteiger partial charge in [-0.15, -0.1) is 0 Å². The molecule has 5 nitrogen and oxygen atoms in total. The summed E-state index contributed by atoms with van der Waals surface area (Å²) in [6.45, 7) is 2.71. The molecular weight excluding hydrogens is 298 g/mol. The second-order valence-electron chi connectivity index (χ2n) is 4.36. The minimum absolute atomic E-state index is 0.171. The molecule has 0 amide bonds. The first kappa shape index (κ1) is 13.1. The summed E-state index contributed by atoms with van der Waals surface area (Å²) in [7, 11) is 0. The van der Waals surface area contributed by atoms with Crippen LogP contribution in [0.2, 0.25) is 0 Å². The third-order valence-corrected chi connectivity index (χ3v) is 3.42. The maximum absolute atomic E-state index is 10.9. The lowest BCUT2D eigenvalue weighted by molar-refractivity contribution is -0.141. The second kappa shape index (κ2) is 5.56. The number of hydrogen-bond donors (Lipinski definition) is 1. The Kier molecular flexibility index (Phi) is 4.06. The van der Waals surface area contributed by atoms with Crippen LogP contribution >= 0.6 is 15.9 Å². The number of nitrogens with two attached hydrogens (primary N) is 1. The molecule has 1 aliphatic heterocycles. The van der Waals surface area contributed by atoms with E-state index < -0.39 is 0 Å². The third kappa shape index (κ3) is 2.93. The number of halogens is 1. The van der Waals surface area contributed by atoms with E-state index in [9.17, 15) is 4.79 Å². The quantitative estimate of drug-likeness (QED) is 0.864. The zero-order chi connectivity index (χ0) is 13.1. The van der Waals surface area contributed by atoms with Crippen LogP contribution in [0.5, 0.6) is 0 Å². The summed E-state index contributed by atoms with van der Waals surface area (Å²) in [6, 6.07) is 2.01. The molecule has 1 fully saturated rings. The van der Waals surface area contributed by atoms with Gasteiger partial charge >= 0.3 is 5.97 Å². The fourth-order valence-corrected chi connectivity index (χ4v) is 2.54. The summed E-state index contributed by atoms with van der Waals surface area (Å²) in [6.07, 6.45) is 3.78. The highest BCUT2D eigenvalue weighted by molar-refractivity contribution is 9.10. The molecule has 1 saturated heterocycles. The van der Waals surface area contributed by atoms with E-state index in [4.69, 9.17) is 10.5 Å². The first-order valence-corrected chi connectivity index (χ1v) is 6.68. The molecule has 1 atom stereocenters. The van der Waals surface area contributed by atoms with Crippen LogP contribution in [-0.4, -0.2) is 30.1 Å². The topological polar surface area (TPSA) is 68.5 Å². The number of anilines is 2. The van der Waals surface area contributed by atoms with Gasteiger partial charge in [-0.1, -0.05) is 0 Å². The fraction of sp³-hybridized carbons (Fsp3) is 0.500. The molecule has 0 radical (unpaired) electrons. The van der Waals surface area contributed by atoms with E-state index in [0.29, 0.717) is 12.3 Å². The van der Waals surface area contributed by atoms with Crippen molar-refractivity contribution in [1.82, 2.24) is 4.98 Å². The Balaban J connectivity index is 2.13. The van der Waals surface area contributed by atoms with E-state index >= 15 is 0 Å². The van der Waals surface area contributed by atoms with Crippen molar-refractivity contribution < 1.29 is 9.53 Å². The van der Waals surface area contributed by atoms with Crippen molar-refractivity contribution in [2.75, 3.05) is 23.8 Å². The lowest BCUT2D eigenvalue weighted by Gasteiger charge is -2.26. The first-order valence-electron chi connectivity index (χ1n) is 5.89. The van der Waals surface area contributed by atoms with Crippen LogP contribution in [0, 0.1) is 0 Å². The Bertz CT molecular complexity index is 453. The lowest BCUT2D eigenvalue weighted by atomic mass is 10.2. The van der Waals surface area contributed by atoms with Crippen LogP contribution in [-0.2, 0) is 9.53 Å². The zero-order valence-electron chi connectivity index (χ0n) is 10.2. The van der Waals surface area contributed by atoms with Crippen LogP contribution in [0.25, 0.3) is 0 Å². The SMILES string of the molecule is CC(=O)OC[C@H]1CCCN1c1ncc(Br)cc1N. The molecule has 0 unspecified atom stereocenters. The van der Waals surface area contributed by atoms with Gasteiger partial charge in [0.05, 0.1) is 11.7 Å². The summed E-state index contributed by atoms with van der Waals surface area (Å²) in [5, 5.41) is 0. The van der Waals surface area contributed by atoms with Gasteiger partial charge in [0, 0.05) is 24.1 Å². The van der Waals surface area contributed by atoms with Gasteiger partial charge in [0.25, 0.3) is 0 Å². The Hall–Kier alpha value is -1.30. The van der Waals surface area contributed by atoms with Crippen LogP contribution < -0.4 is 10.6 Å². The van der Waals surface area contributed by atoms with Gasteiger partial charge in [0.15, 0.2) is 5.82 Å². The Labute approximate surface area is 114 Å². The van der Waals surface area contributed by atoms with Crippen LogP contribution in [0.15, 0.2) is 16.7 Å². The van der Waals surface area contributed by atoms with Gasteiger partial charge in [-0.25, -0.2) is 4.98 Å². The number of esters is 1. The first-order chi connectivity index (χ1) is 8.58. The summed E-state index contributed by atoms with van der Waals surface area (Å²) in [5.74, 6) is 0.520. The van der Waals surface area contributed by atoms with Crippen LogP contribution in [0.1, 0.15) is 19.8 Å². The number of nitrogens with zero attached hydrogens (tertiary/aromatic N) is 2. The predicted molar refractivity (Wildman–Crippen MR) is 73.4 cm³/mol. The molecule has 98 valence electrons. The number of ether oxygens (including phenoxy) is 1. The fourth-order valence-electron chi connectivity index (χ4n) is 2.19. The third-order valence-electron chi connectivity index (χ3n) is 2.99. The Morgan fingerprint density at radius 3 is 3.17 bits per heavy atom. The molecule has 0 saturated carbocycles. The van der Waals surface area contributed by atoms with Gasteiger partial charge in [-0.3, -0.25) is 4.79 Å². The monoisotopic (exact) mass is 313 g/mol.